The normalized spacial score (nSPS) is 18.9. The lowest BCUT2D eigenvalue weighted by Gasteiger charge is -2.21. The van der Waals surface area contributed by atoms with Gasteiger partial charge in [0.15, 0.2) is 0 Å². The number of benzene rings is 1. The number of amides is 1. The average molecular weight is 349 g/mol. The van der Waals surface area contributed by atoms with Crippen molar-refractivity contribution in [1.82, 2.24) is 9.47 Å². The van der Waals surface area contributed by atoms with Gasteiger partial charge in [0.1, 0.15) is 0 Å². The van der Waals surface area contributed by atoms with Crippen LogP contribution in [0.3, 0.4) is 0 Å². The van der Waals surface area contributed by atoms with E-state index in [0.29, 0.717) is 12.1 Å². The van der Waals surface area contributed by atoms with Crippen LogP contribution in [-0.2, 0) is 0 Å². The lowest BCUT2D eigenvalue weighted by Crippen LogP contribution is -2.33. The summed E-state index contributed by atoms with van der Waals surface area (Å²) in [6.45, 7) is 7.31. The molecule has 1 aliphatic rings. The van der Waals surface area contributed by atoms with E-state index in [9.17, 15) is 4.79 Å². The molecule has 112 valence electrons. The number of likely N-dealkylation sites (tertiary alicyclic amines) is 1. The molecule has 21 heavy (non-hydrogen) atoms. The number of nitrogens with zero attached hydrogens (tertiary/aromatic N) is 2. The van der Waals surface area contributed by atoms with Gasteiger partial charge in [-0.25, -0.2) is 0 Å². The molecule has 1 aromatic carbocycles. The van der Waals surface area contributed by atoms with E-state index in [1.807, 2.05) is 23.2 Å². The van der Waals surface area contributed by atoms with E-state index < -0.39 is 0 Å². The number of carbonyl (C=O) groups is 1. The van der Waals surface area contributed by atoms with Gasteiger partial charge in [0, 0.05) is 34.7 Å². The largest absolute Gasteiger partial charge is 0.344 e. The molecule has 1 amide bonds. The molecule has 1 fully saturated rings. The van der Waals surface area contributed by atoms with Crippen molar-refractivity contribution < 1.29 is 4.79 Å². The van der Waals surface area contributed by atoms with E-state index in [0.717, 1.165) is 40.3 Å². The first-order valence-corrected chi connectivity index (χ1v) is 8.39. The zero-order valence-electron chi connectivity index (χ0n) is 12.8. The van der Waals surface area contributed by atoms with E-state index in [-0.39, 0.29) is 5.91 Å². The number of fused-ring (bicyclic) bond motifs is 1. The molecular formula is C17H21BrN2O. The molecule has 2 aromatic rings. The number of hydrogen-bond donors (Lipinski definition) is 0. The van der Waals surface area contributed by atoms with Crippen molar-refractivity contribution in [1.29, 1.82) is 0 Å². The van der Waals surface area contributed by atoms with E-state index in [4.69, 9.17) is 0 Å². The summed E-state index contributed by atoms with van der Waals surface area (Å²) in [6.07, 6.45) is 4.25. The highest BCUT2D eigenvalue weighted by molar-refractivity contribution is 9.10. The predicted octanol–water partition coefficient (Wildman–Crippen LogP) is 4.61. The highest BCUT2D eigenvalue weighted by Crippen LogP contribution is 2.30. The van der Waals surface area contributed by atoms with Crippen LogP contribution in [0.4, 0.5) is 0 Å². The number of carbonyl (C=O) groups excluding carboxylic acids is 1. The Morgan fingerprint density at radius 3 is 2.76 bits per heavy atom. The van der Waals surface area contributed by atoms with Gasteiger partial charge in [-0.3, -0.25) is 4.79 Å². The van der Waals surface area contributed by atoms with Gasteiger partial charge in [-0.2, -0.15) is 0 Å². The van der Waals surface area contributed by atoms with Crippen LogP contribution in [0, 0.1) is 0 Å². The Kier molecular flexibility index (Phi) is 3.82. The molecule has 3 nitrogen and oxygen atoms in total. The summed E-state index contributed by atoms with van der Waals surface area (Å²) in [5.41, 5.74) is 1.95. The standard InChI is InChI=1S/C17H21BrN2O/c1-11(2)20-10-15(14-7-6-13(18)9-16(14)20)17(21)19-8-4-5-12(19)3/h6-7,9-12H,4-5,8H2,1-3H3. The minimum Gasteiger partial charge on any atom is -0.344 e. The van der Waals surface area contributed by atoms with Crippen LogP contribution in [0.15, 0.2) is 28.9 Å². The van der Waals surface area contributed by atoms with Crippen LogP contribution in [0.2, 0.25) is 0 Å². The molecule has 1 aliphatic heterocycles. The summed E-state index contributed by atoms with van der Waals surface area (Å²) in [7, 11) is 0. The van der Waals surface area contributed by atoms with Crippen LogP contribution in [0.5, 0.6) is 0 Å². The summed E-state index contributed by atoms with van der Waals surface area (Å²) >= 11 is 3.53. The quantitative estimate of drug-likeness (QED) is 0.777. The summed E-state index contributed by atoms with van der Waals surface area (Å²) < 4.78 is 3.23. The Hall–Kier alpha value is -1.29. The minimum atomic E-state index is 0.173. The molecule has 1 aromatic heterocycles. The lowest BCUT2D eigenvalue weighted by molar-refractivity contribution is 0.0749. The first-order chi connectivity index (χ1) is 9.99. The summed E-state index contributed by atoms with van der Waals surface area (Å²) in [6, 6.07) is 6.84. The zero-order chi connectivity index (χ0) is 15.1. The van der Waals surface area contributed by atoms with Crippen molar-refractivity contribution in [3.8, 4) is 0 Å². The number of halogens is 1. The second-order valence-corrected chi connectivity index (χ2v) is 7.11. The number of rotatable bonds is 2. The lowest BCUT2D eigenvalue weighted by atomic mass is 10.1. The molecular weight excluding hydrogens is 328 g/mol. The van der Waals surface area contributed by atoms with Crippen molar-refractivity contribution in [3.63, 3.8) is 0 Å². The van der Waals surface area contributed by atoms with E-state index in [1.165, 1.54) is 0 Å². The smallest absolute Gasteiger partial charge is 0.256 e. The molecule has 0 aliphatic carbocycles. The average Bonchev–Trinajstić information content (AvgIpc) is 3.01. The molecule has 1 saturated heterocycles. The molecule has 0 N–H and O–H groups in total. The molecule has 1 unspecified atom stereocenters. The first-order valence-electron chi connectivity index (χ1n) is 7.60. The topological polar surface area (TPSA) is 25.2 Å². The van der Waals surface area contributed by atoms with Crippen LogP contribution in [-0.4, -0.2) is 28.0 Å². The molecule has 3 rings (SSSR count). The third kappa shape index (κ3) is 2.50. The third-order valence-corrected chi connectivity index (χ3v) is 4.89. The Labute approximate surface area is 134 Å². The predicted molar refractivity (Wildman–Crippen MR) is 89.8 cm³/mol. The Morgan fingerprint density at radius 1 is 1.38 bits per heavy atom. The van der Waals surface area contributed by atoms with Crippen molar-refractivity contribution >= 4 is 32.7 Å². The second-order valence-electron chi connectivity index (χ2n) is 6.20. The van der Waals surface area contributed by atoms with Gasteiger partial charge in [-0.15, -0.1) is 0 Å². The molecule has 0 radical (unpaired) electrons. The highest BCUT2D eigenvalue weighted by Gasteiger charge is 2.28. The first kappa shape index (κ1) is 14.6. The molecule has 2 heterocycles. The Bertz CT molecular complexity index is 689. The maximum atomic E-state index is 12.9. The van der Waals surface area contributed by atoms with Crippen LogP contribution in [0.25, 0.3) is 10.9 Å². The van der Waals surface area contributed by atoms with Gasteiger partial charge in [0.25, 0.3) is 5.91 Å². The minimum absolute atomic E-state index is 0.173. The molecule has 1 atom stereocenters. The van der Waals surface area contributed by atoms with Crippen LogP contribution >= 0.6 is 15.9 Å². The van der Waals surface area contributed by atoms with Gasteiger partial charge in [0.05, 0.1) is 11.1 Å². The van der Waals surface area contributed by atoms with Crippen molar-refractivity contribution in [2.45, 2.75) is 45.7 Å². The third-order valence-electron chi connectivity index (χ3n) is 4.40. The highest BCUT2D eigenvalue weighted by atomic mass is 79.9. The fourth-order valence-electron chi connectivity index (χ4n) is 3.21. The SMILES string of the molecule is CC1CCCN1C(=O)c1cn(C(C)C)c2cc(Br)ccc12. The number of hydrogen-bond acceptors (Lipinski definition) is 1. The maximum Gasteiger partial charge on any atom is 0.256 e. The van der Waals surface area contributed by atoms with Gasteiger partial charge in [-0.05, 0) is 45.7 Å². The van der Waals surface area contributed by atoms with E-state index >= 15 is 0 Å². The van der Waals surface area contributed by atoms with Gasteiger partial charge in [0.2, 0.25) is 0 Å². The Balaban J connectivity index is 2.12. The van der Waals surface area contributed by atoms with E-state index in [2.05, 4.69) is 47.3 Å². The maximum absolute atomic E-state index is 12.9. The monoisotopic (exact) mass is 348 g/mol. The van der Waals surface area contributed by atoms with Crippen LogP contribution < -0.4 is 0 Å². The summed E-state index contributed by atoms with van der Waals surface area (Å²) in [5, 5.41) is 1.05. The van der Waals surface area contributed by atoms with Crippen molar-refractivity contribution in [3.05, 3.63) is 34.4 Å². The molecule has 0 bridgehead atoms. The Morgan fingerprint density at radius 2 is 2.14 bits per heavy atom. The van der Waals surface area contributed by atoms with Crippen molar-refractivity contribution in [2.24, 2.45) is 0 Å². The number of aromatic nitrogens is 1. The molecule has 4 heteroatoms. The molecule has 0 saturated carbocycles. The summed E-state index contributed by atoms with van der Waals surface area (Å²) in [5.74, 6) is 0.173. The molecule has 0 spiro atoms. The van der Waals surface area contributed by atoms with Gasteiger partial charge >= 0.3 is 0 Å². The zero-order valence-corrected chi connectivity index (χ0v) is 14.4. The fourth-order valence-corrected chi connectivity index (χ4v) is 3.56. The van der Waals surface area contributed by atoms with Gasteiger partial charge in [-0.1, -0.05) is 22.0 Å². The summed E-state index contributed by atoms with van der Waals surface area (Å²) in [4.78, 5) is 14.9. The van der Waals surface area contributed by atoms with E-state index in [1.54, 1.807) is 0 Å². The second kappa shape index (κ2) is 5.48. The van der Waals surface area contributed by atoms with Crippen molar-refractivity contribution in [2.75, 3.05) is 6.54 Å². The van der Waals surface area contributed by atoms with Gasteiger partial charge < -0.3 is 9.47 Å². The van der Waals surface area contributed by atoms with Crippen LogP contribution in [0.1, 0.15) is 50.0 Å². The fraction of sp³-hybridized carbons (Fsp3) is 0.471.